The lowest BCUT2D eigenvalue weighted by Gasteiger charge is -2.28. The molecule has 3 nitrogen and oxygen atoms in total. The van der Waals surface area contributed by atoms with E-state index in [0.29, 0.717) is 19.4 Å². The van der Waals surface area contributed by atoms with Crippen LogP contribution < -0.4 is 0 Å². The van der Waals surface area contributed by atoms with Crippen molar-refractivity contribution in [2.75, 3.05) is 0 Å². The fraction of sp³-hybridized carbons (Fsp3) is 0.323. The Labute approximate surface area is 217 Å². The Hall–Kier alpha value is -3.54. The molecule has 0 radical (unpaired) electrons. The number of halogens is 3. The van der Waals surface area contributed by atoms with Crippen molar-refractivity contribution in [3.63, 3.8) is 0 Å². The zero-order chi connectivity index (χ0) is 26.7. The Morgan fingerprint density at radius 3 is 2.08 bits per heavy atom. The number of benzene rings is 3. The molecule has 37 heavy (non-hydrogen) atoms. The molecular weight excluding hydrogens is 475 g/mol. The van der Waals surface area contributed by atoms with Gasteiger partial charge in [0.1, 0.15) is 6.04 Å². The number of rotatable bonds is 13. The van der Waals surface area contributed by atoms with E-state index in [9.17, 15) is 23.1 Å². The summed E-state index contributed by atoms with van der Waals surface area (Å²) in [7, 11) is 0. The van der Waals surface area contributed by atoms with E-state index in [1.165, 1.54) is 30.5 Å². The zero-order valence-corrected chi connectivity index (χ0v) is 21.1. The third kappa shape index (κ3) is 9.12. The number of carbonyl (C=O) groups is 1. The number of unbranched alkanes of at least 4 members (excludes halogenated alkanes) is 2. The second-order valence-corrected chi connectivity index (χ2v) is 9.27. The number of nitrogens with zero attached hydrogens (tertiary/aromatic N) is 1. The molecule has 196 valence electrons. The first kappa shape index (κ1) is 28.0. The van der Waals surface area contributed by atoms with Gasteiger partial charge in [-0.05, 0) is 59.8 Å². The lowest BCUT2D eigenvalue weighted by atomic mass is 10.0. The summed E-state index contributed by atoms with van der Waals surface area (Å²) in [6.07, 6.45) is 4.45. The molecule has 0 amide bonds. The van der Waals surface area contributed by atoms with Crippen LogP contribution in [0.4, 0.5) is 13.2 Å². The maximum Gasteiger partial charge on any atom is 0.416 e. The molecule has 0 unspecified atom stereocenters. The Morgan fingerprint density at radius 1 is 0.865 bits per heavy atom. The highest BCUT2D eigenvalue weighted by atomic mass is 19.4. The van der Waals surface area contributed by atoms with E-state index in [0.717, 1.165) is 41.7 Å². The van der Waals surface area contributed by atoms with E-state index in [4.69, 9.17) is 0 Å². The summed E-state index contributed by atoms with van der Waals surface area (Å²) < 4.78 is 38.6. The summed E-state index contributed by atoms with van der Waals surface area (Å²) in [5.74, 6) is -0.931. The van der Waals surface area contributed by atoms with Gasteiger partial charge in [0.25, 0.3) is 0 Å². The van der Waals surface area contributed by atoms with Crippen molar-refractivity contribution >= 4 is 5.97 Å². The van der Waals surface area contributed by atoms with Crippen molar-refractivity contribution in [1.29, 1.82) is 0 Å². The summed E-state index contributed by atoms with van der Waals surface area (Å²) in [4.78, 5) is 14.1. The van der Waals surface area contributed by atoms with Gasteiger partial charge < -0.3 is 10.0 Å². The topological polar surface area (TPSA) is 40.5 Å². The second-order valence-electron chi connectivity index (χ2n) is 9.27. The Bertz CT molecular complexity index is 1120. The first-order valence-electron chi connectivity index (χ1n) is 12.7. The molecule has 1 N–H and O–H groups in total. The monoisotopic (exact) mass is 509 g/mol. The lowest BCUT2D eigenvalue weighted by molar-refractivity contribution is -0.142. The normalized spacial score (nSPS) is 12.5. The maximum absolute atomic E-state index is 12.9. The van der Waals surface area contributed by atoms with Crippen molar-refractivity contribution in [3.05, 3.63) is 119 Å². The van der Waals surface area contributed by atoms with Gasteiger partial charge >= 0.3 is 12.1 Å². The van der Waals surface area contributed by atoms with Crippen molar-refractivity contribution in [2.45, 2.75) is 64.2 Å². The van der Waals surface area contributed by atoms with Gasteiger partial charge in [0.15, 0.2) is 0 Å². The average molecular weight is 510 g/mol. The predicted octanol–water partition coefficient (Wildman–Crippen LogP) is 7.69. The van der Waals surface area contributed by atoms with Gasteiger partial charge in [0.05, 0.1) is 5.56 Å². The van der Waals surface area contributed by atoms with E-state index in [2.05, 4.69) is 19.1 Å². The molecule has 0 saturated heterocycles. The van der Waals surface area contributed by atoms with Crippen LogP contribution in [0.3, 0.4) is 0 Å². The molecule has 0 aliphatic rings. The van der Waals surface area contributed by atoms with E-state index < -0.39 is 23.8 Å². The SMILES string of the molecule is CCCCCc1ccc(CN(C=CCc2ccc(C(F)(F)F)cc2)[C@@H](Cc2ccccc2)C(=O)O)cc1. The minimum absolute atomic E-state index is 0.329. The fourth-order valence-corrected chi connectivity index (χ4v) is 4.21. The highest BCUT2D eigenvalue weighted by molar-refractivity contribution is 5.74. The highest BCUT2D eigenvalue weighted by Gasteiger charge is 2.30. The van der Waals surface area contributed by atoms with Crippen molar-refractivity contribution in [1.82, 2.24) is 4.90 Å². The molecule has 0 heterocycles. The molecule has 1 atom stereocenters. The van der Waals surface area contributed by atoms with Crippen LogP contribution in [0.5, 0.6) is 0 Å². The third-order valence-corrected chi connectivity index (χ3v) is 6.35. The first-order chi connectivity index (χ1) is 17.8. The summed E-state index contributed by atoms with van der Waals surface area (Å²) in [6, 6.07) is 22.0. The molecular formula is C31H34F3NO2. The summed E-state index contributed by atoms with van der Waals surface area (Å²) in [6.45, 7) is 2.58. The largest absolute Gasteiger partial charge is 0.480 e. The van der Waals surface area contributed by atoms with Crippen molar-refractivity contribution in [3.8, 4) is 0 Å². The Balaban J connectivity index is 1.77. The smallest absolute Gasteiger partial charge is 0.416 e. The Morgan fingerprint density at radius 2 is 1.49 bits per heavy atom. The molecule has 3 aromatic rings. The number of hydrogen-bond acceptors (Lipinski definition) is 2. The fourth-order valence-electron chi connectivity index (χ4n) is 4.21. The minimum atomic E-state index is -4.37. The van der Waals surface area contributed by atoms with Gasteiger partial charge in [-0.3, -0.25) is 0 Å². The van der Waals surface area contributed by atoms with Crippen LogP contribution in [0.1, 0.15) is 54.0 Å². The predicted molar refractivity (Wildman–Crippen MR) is 141 cm³/mol. The van der Waals surface area contributed by atoms with Gasteiger partial charge in [-0.1, -0.05) is 92.6 Å². The van der Waals surface area contributed by atoms with Crippen molar-refractivity contribution < 1.29 is 23.1 Å². The van der Waals surface area contributed by atoms with Gasteiger partial charge in [-0.25, -0.2) is 4.79 Å². The van der Waals surface area contributed by atoms with Crippen LogP contribution in [-0.4, -0.2) is 22.0 Å². The van der Waals surface area contributed by atoms with Gasteiger partial charge in [-0.2, -0.15) is 13.2 Å². The van der Waals surface area contributed by atoms with Crippen LogP contribution in [-0.2, 0) is 36.8 Å². The lowest BCUT2D eigenvalue weighted by Crippen LogP contribution is -2.39. The summed E-state index contributed by atoms with van der Waals surface area (Å²) in [5, 5.41) is 10.1. The van der Waals surface area contributed by atoms with Crippen LogP contribution >= 0.6 is 0 Å². The molecule has 3 aromatic carbocycles. The first-order valence-corrected chi connectivity index (χ1v) is 12.7. The standard InChI is InChI=1S/C31H34F3NO2/c1-2-3-5-9-24-13-15-27(16-14-24)23-35(29(30(36)37)22-26-10-6-4-7-11-26)21-8-12-25-17-19-28(20-18-25)31(32,33)34/h4,6-8,10-11,13-21,29H,2-3,5,9,12,22-23H2,1H3,(H,36,37)/t29-/m0/s1. The summed E-state index contributed by atoms with van der Waals surface area (Å²) >= 11 is 0. The number of aliphatic carboxylic acids is 1. The minimum Gasteiger partial charge on any atom is -0.480 e. The third-order valence-electron chi connectivity index (χ3n) is 6.35. The van der Waals surface area contributed by atoms with Gasteiger partial charge in [-0.15, -0.1) is 0 Å². The van der Waals surface area contributed by atoms with Gasteiger partial charge in [0.2, 0.25) is 0 Å². The van der Waals surface area contributed by atoms with Crippen LogP contribution in [0.2, 0.25) is 0 Å². The molecule has 6 heteroatoms. The van der Waals surface area contributed by atoms with Gasteiger partial charge in [0, 0.05) is 13.0 Å². The number of alkyl halides is 3. The number of allylic oxidation sites excluding steroid dienone is 1. The van der Waals surface area contributed by atoms with Crippen LogP contribution in [0.25, 0.3) is 0 Å². The quantitative estimate of drug-likeness (QED) is 0.240. The number of hydrogen-bond donors (Lipinski definition) is 1. The van der Waals surface area contributed by atoms with Crippen LogP contribution in [0, 0.1) is 0 Å². The molecule has 0 aliphatic heterocycles. The number of carboxylic acid groups (broad SMARTS) is 1. The molecule has 0 aliphatic carbocycles. The van der Waals surface area contributed by atoms with Crippen LogP contribution in [0.15, 0.2) is 91.1 Å². The van der Waals surface area contributed by atoms with E-state index in [-0.39, 0.29) is 0 Å². The van der Waals surface area contributed by atoms with Crippen molar-refractivity contribution in [2.24, 2.45) is 0 Å². The zero-order valence-electron chi connectivity index (χ0n) is 21.1. The highest BCUT2D eigenvalue weighted by Crippen LogP contribution is 2.29. The van der Waals surface area contributed by atoms with E-state index >= 15 is 0 Å². The average Bonchev–Trinajstić information content (AvgIpc) is 2.88. The molecule has 0 saturated carbocycles. The summed E-state index contributed by atoms with van der Waals surface area (Å²) in [5.41, 5.74) is 3.21. The maximum atomic E-state index is 12.9. The molecule has 0 aromatic heterocycles. The number of aryl methyl sites for hydroxylation is 1. The second kappa shape index (κ2) is 13.7. The Kier molecular flexibility index (Phi) is 10.4. The number of carboxylic acids is 1. The molecule has 0 spiro atoms. The molecule has 0 bridgehead atoms. The molecule has 3 rings (SSSR count). The van der Waals surface area contributed by atoms with E-state index in [1.807, 2.05) is 48.5 Å². The molecule has 0 fully saturated rings. The van der Waals surface area contributed by atoms with E-state index in [1.54, 1.807) is 11.1 Å².